The van der Waals surface area contributed by atoms with E-state index in [2.05, 4.69) is 26.6 Å². The first-order valence-corrected chi connectivity index (χ1v) is 9.02. The zero-order valence-electron chi connectivity index (χ0n) is 13.5. The predicted octanol–water partition coefficient (Wildman–Crippen LogP) is 3.09. The smallest absolute Gasteiger partial charge is 0.262 e. The number of ether oxygens (including phenoxy) is 1. The maximum atomic E-state index is 12.2. The second-order valence-electron chi connectivity index (χ2n) is 5.22. The average Bonchev–Trinajstić information content (AvgIpc) is 3.00. The molecule has 0 radical (unpaired) electrons. The highest BCUT2D eigenvalue weighted by molar-refractivity contribution is 9.11. The summed E-state index contributed by atoms with van der Waals surface area (Å²) in [4.78, 5) is 24.8. The lowest BCUT2D eigenvalue weighted by Crippen LogP contribution is -2.44. The fourth-order valence-corrected chi connectivity index (χ4v) is 3.42. The van der Waals surface area contributed by atoms with Crippen LogP contribution in [0, 0.1) is 0 Å². The van der Waals surface area contributed by atoms with Gasteiger partial charge in [0.15, 0.2) is 0 Å². The van der Waals surface area contributed by atoms with E-state index in [1.54, 1.807) is 26.2 Å². The summed E-state index contributed by atoms with van der Waals surface area (Å²) in [5.41, 5.74) is 2.02. The molecule has 1 heterocycles. The number of carbonyl (C=O) groups is 2. The van der Waals surface area contributed by atoms with E-state index in [0.717, 1.165) is 14.9 Å². The second kappa shape index (κ2) is 8.96. The molecular formula is C17H19BrN2O3S. The molecule has 2 aromatic rings. The molecule has 0 fully saturated rings. The van der Waals surface area contributed by atoms with Crippen molar-refractivity contribution in [1.29, 1.82) is 0 Å². The van der Waals surface area contributed by atoms with E-state index in [1.165, 1.54) is 11.3 Å². The Labute approximate surface area is 153 Å². The maximum absolute atomic E-state index is 12.2. The SMILES string of the molecule is COCc1ccccc1CNC(=O)C(C)NC(=O)c1ccc(Br)s1. The van der Waals surface area contributed by atoms with Gasteiger partial charge in [-0.2, -0.15) is 0 Å². The Morgan fingerprint density at radius 1 is 1.21 bits per heavy atom. The molecule has 2 rings (SSSR count). The zero-order chi connectivity index (χ0) is 17.5. The van der Waals surface area contributed by atoms with E-state index in [4.69, 9.17) is 4.74 Å². The van der Waals surface area contributed by atoms with Crippen LogP contribution in [-0.4, -0.2) is 25.0 Å². The topological polar surface area (TPSA) is 67.4 Å². The fraction of sp³-hybridized carbons (Fsp3) is 0.294. The Morgan fingerprint density at radius 2 is 1.92 bits per heavy atom. The van der Waals surface area contributed by atoms with Gasteiger partial charge < -0.3 is 15.4 Å². The Bertz CT molecular complexity index is 717. The van der Waals surface area contributed by atoms with Gasteiger partial charge in [-0.15, -0.1) is 11.3 Å². The minimum absolute atomic E-state index is 0.230. The normalized spacial score (nSPS) is 11.8. The highest BCUT2D eigenvalue weighted by Crippen LogP contribution is 2.21. The van der Waals surface area contributed by atoms with Crippen molar-refractivity contribution in [1.82, 2.24) is 10.6 Å². The van der Waals surface area contributed by atoms with Crippen molar-refractivity contribution >= 4 is 39.1 Å². The Balaban J connectivity index is 1.89. The first-order chi connectivity index (χ1) is 11.5. The molecule has 7 heteroatoms. The van der Waals surface area contributed by atoms with Crippen LogP contribution in [0.25, 0.3) is 0 Å². The zero-order valence-corrected chi connectivity index (χ0v) is 15.9. The van der Waals surface area contributed by atoms with Crippen LogP contribution in [0.15, 0.2) is 40.2 Å². The number of halogens is 1. The number of benzene rings is 1. The first kappa shape index (κ1) is 18.6. The van der Waals surface area contributed by atoms with Crippen molar-refractivity contribution < 1.29 is 14.3 Å². The standard InChI is InChI=1S/C17H19BrN2O3S/c1-11(20-17(22)14-7-8-15(18)24-14)16(21)19-9-12-5-3-4-6-13(12)10-23-2/h3-8,11H,9-10H2,1-2H3,(H,19,21)(H,20,22). The van der Waals surface area contributed by atoms with E-state index in [-0.39, 0.29) is 11.8 Å². The third kappa shape index (κ3) is 5.15. The van der Waals surface area contributed by atoms with Crippen LogP contribution in [0.4, 0.5) is 0 Å². The Morgan fingerprint density at radius 3 is 2.54 bits per heavy atom. The van der Waals surface area contributed by atoms with E-state index in [9.17, 15) is 9.59 Å². The highest BCUT2D eigenvalue weighted by atomic mass is 79.9. The quantitative estimate of drug-likeness (QED) is 0.736. The van der Waals surface area contributed by atoms with Crippen molar-refractivity contribution in [3.8, 4) is 0 Å². The molecule has 1 aromatic heterocycles. The number of nitrogens with one attached hydrogen (secondary N) is 2. The number of rotatable bonds is 7. The molecule has 1 aromatic carbocycles. The van der Waals surface area contributed by atoms with Crippen LogP contribution in [0.2, 0.25) is 0 Å². The average molecular weight is 411 g/mol. The number of hydrogen-bond acceptors (Lipinski definition) is 4. The summed E-state index contributed by atoms with van der Waals surface area (Å²) in [5, 5.41) is 5.54. The lowest BCUT2D eigenvalue weighted by molar-refractivity contribution is -0.122. The van der Waals surface area contributed by atoms with E-state index in [0.29, 0.717) is 18.0 Å². The van der Waals surface area contributed by atoms with Gasteiger partial charge in [-0.25, -0.2) is 0 Å². The molecule has 24 heavy (non-hydrogen) atoms. The number of hydrogen-bond donors (Lipinski definition) is 2. The number of carbonyl (C=O) groups excluding carboxylic acids is 2. The Kier molecular flexibility index (Phi) is 6.96. The second-order valence-corrected chi connectivity index (χ2v) is 7.68. The van der Waals surface area contributed by atoms with Crippen LogP contribution in [0.1, 0.15) is 27.7 Å². The number of methoxy groups -OCH3 is 1. The number of thiophene rings is 1. The molecule has 0 aliphatic heterocycles. The molecule has 0 aliphatic rings. The molecule has 2 N–H and O–H groups in total. The summed E-state index contributed by atoms with van der Waals surface area (Å²) in [6.07, 6.45) is 0. The van der Waals surface area contributed by atoms with Crippen molar-refractivity contribution in [3.63, 3.8) is 0 Å². The lowest BCUT2D eigenvalue weighted by Gasteiger charge is -2.15. The van der Waals surface area contributed by atoms with Gasteiger partial charge in [-0.1, -0.05) is 24.3 Å². The van der Waals surface area contributed by atoms with E-state index < -0.39 is 6.04 Å². The number of amides is 2. The minimum atomic E-state index is -0.618. The molecule has 0 spiro atoms. The molecule has 0 aliphatic carbocycles. The molecule has 1 unspecified atom stereocenters. The molecule has 5 nitrogen and oxygen atoms in total. The molecule has 128 valence electrons. The van der Waals surface area contributed by atoms with Crippen LogP contribution in [0.5, 0.6) is 0 Å². The minimum Gasteiger partial charge on any atom is -0.380 e. The molecule has 0 saturated carbocycles. The summed E-state index contributed by atoms with van der Waals surface area (Å²) in [7, 11) is 1.63. The molecule has 1 atom stereocenters. The van der Waals surface area contributed by atoms with Crippen LogP contribution >= 0.6 is 27.3 Å². The van der Waals surface area contributed by atoms with Gasteiger partial charge in [0.2, 0.25) is 5.91 Å². The monoisotopic (exact) mass is 410 g/mol. The van der Waals surface area contributed by atoms with E-state index >= 15 is 0 Å². The molecular weight excluding hydrogens is 392 g/mol. The third-order valence-electron chi connectivity index (χ3n) is 3.41. The Hall–Kier alpha value is -1.70. The van der Waals surface area contributed by atoms with E-state index in [1.807, 2.05) is 24.3 Å². The van der Waals surface area contributed by atoms with Crippen LogP contribution in [0.3, 0.4) is 0 Å². The molecule has 0 bridgehead atoms. The van der Waals surface area contributed by atoms with Gasteiger partial charge in [-0.3, -0.25) is 9.59 Å². The van der Waals surface area contributed by atoms with Gasteiger partial charge in [0.25, 0.3) is 5.91 Å². The van der Waals surface area contributed by atoms with Gasteiger partial charge in [0, 0.05) is 13.7 Å². The van der Waals surface area contributed by atoms with Gasteiger partial charge in [0.1, 0.15) is 6.04 Å². The largest absolute Gasteiger partial charge is 0.380 e. The summed E-state index contributed by atoms with van der Waals surface area (Å²) in [5.74, 6) is -0.487. The van der Waals surface area contributed by atoms with Crippen molar-refractivity contribution in [2.45, 2.75) is 26.1 Å². The third-order valence-corrected chi connectivity index (χ3v) is 5.03. The van der Waals surface area contributed by atoms with Crippen LogP contribution in [-0.2, 0) is 22.7 Å². The van der Waals surface area contributed by atoms with Crippen molar-refractivity contribution in [2.75, 3.05) is 7.11 Å². The maximum Gasteiger partial charge on any atom is 0.262 e. The van der Waals surface area contributed by atoms with Crippen LogP contribution < -0.4 is 10.6 Å². The highest BCUT2D eigenvalue weighted by Gasteiger charge is 2.17. The summed E-state index contributed by atoms with van der Waals surface area (Å²) in [6, 6.07) is 10.7. The van der Waals surface area contributed by atoms with Crippen molar-refractivity contribution in [2.24, 2.45) is 0 Å². The lowest BCUT2D eigenvalue weighted by atomic mass is 10.1. The van der Waals surface area contributed by atoms with Crippen molar-refractivity contribution in [3.05, 3.63) is 56.2 Å². The summed E-state index contributed by atoms with van der Waals surface area (Å²) < 4.78 is 6.03. The molecule has 2 amide bonds. The van der Waals surface area contributed by atoms with Gasteiger partial charge in [0.05, 0.1) is 15.3 Å². The summed E-state index contributed by atoms with van der Waals surface area (Å²) in [6.45, 7) is 2.55. The van der Waals surface area contributed by atoms with Gasteiger partial charge >= 0.3 is 0 Å². The van der Waals surface area contributed by atoms with Gasteiger partial charge in [-0.05, 0) is 46.1 Å². The molecule has 0 saturated heterocycles. The summed E-state index contributed by atoms with van der Waals surface area (Å²) >= 11 is 4.64. The fourth-order valence-electron chi connectivity index (χ4n) is 2.13. The predicted molar refractivity (Wildman–Crippen MR) is 97.9 cm³/mol. The first-order valence-electron chi connectivity index (χ1n) is 7.41.